The van der Waals surface area contributed by atoms with E-state index in [1.54, 1.807) is 6.07 Å². The summed E-state index contributed by atoms with van der Waals surface area (Å²) in [5.41, 5.74) is 0. The second kappa shape index (κ2) is 3.13. The van der Waals surface area contributed by atoms with Gasteiger partial charge >= 0.3 is 77.6 Å². The SMILES string of the molecule is Clc1ccc[c]([SnH])c1Cl. The summed E-state index contributed by atoms with van der Waals surface area (Å²) in [5, 5.41) is 1.36. The van der Waals surface area contributed by atoms with Crippen LogP contribution < -0.4 is 3.58 Å². The predicted molar refractivity (Wildman–Crippen MR) is 43.2 cm³/mol. The van der Waals surface area contributed by atoms with Gasteiger partial charge in [0.2, 0.25) is 0 Å². The molecule has 1 aromatic rings. The minimum absolute atomic E-state index is 0.654. The molecule has 0 unspecified atom stereocenters. The number of hydrogen-bond acceptors (Lipinski definition) is 0. The molecule has 0 fully saturated rings. The van der Waals surface area contributed by atoms with Gasteiger partial charge in [0, 0.05) is 0 Å². The first kappa shape index (κ1) is 7.70. The van der Waals surface area contributed by atoms with E-state index in [4.69, 9.17) is 23.2 Å². The molecule has 0 aliphatic carbocycles. The van der Waals surface area contributed by atoms with Gasteiger partial charge in [0.15, 0.2) is 0 Å². The van der Waals surface area contributed by atoms with Crippen LogP contribution in [0.3, 0.4) is 0 Å². The van der Waals surface area contributed by atoms with Crippen LogP contribution in [0.5, 0.6) is 0 Å². The van der Waals surface area contributed by atoms with Crippen molar-refractivity contribution < 1.29 is 0 Å². The zero-order chi connectivity index (χ0) is 6.85. The predicted octanol–water partition coefficient (Wildman–Crippen LogP) is 1.52. The Morgan fingerprint density at radius 2 is 1.89 bits per heavy atom. The van der Waals surface area contributed by atoms with Crippen LogP contribution in [-0.4, -0.2) is 22.5 Å². The summed E-state index contributed by atoms with van der Waals surface area (Å²) in [6, 6.07) is 5.69. The monoisotopic (exact) mass is 266 g/mol. The van der Waals surface area contributed by atoms with Crippen LogP contribution in [-0.2, 0) is 0 Å². The first-order valence-electron chi connectivity index (χ1n) is 2.41. The molecular weight excluding hydrogens is 262 g/mol. The van der Waals surface area contributed by atoms with E-state index in [0.29, 0.717) is 10.0 Å². The number of rotatable bonds is 0. The molecule has 46 valence electrons. The zero-order valence-corrected chi connectivity index (χ0v) is 9.37. The molecule has 0 aliphatic heterocycles. The van der Waals surface area contributed by atoms with E-state index in [1.165, 1.54) is 0 Å². The van der Waals surface area contributed by atoms with Crippen molar-refractivity contribution in [1.82, 2.24) is 0 Å². The summed E-state index contributed by atoms with van der Waals surface area (Å²) in [4.78, 5) is 0. The van der Waals surface area contributed by atoms with Crippen molar-refractivity contribution >= 4 is 49.3 Å². The Hall–Kier alpha value is 0.599. The number of benzene rings is 1. The summed E-state index contributed by atoms with van der Waals surface area (Å²) in [6.45, 7) is 0. The van der Waals surface area contributed by atoms with Gasteiger partial charge in [-0.2, -0.15) is 0 Å². The Bertz CT molecular complexity index is 202. The maximum absolute atomic E-state index is 5.78. The third-order valence-corrected chi connectivity index (χ3v) is 3.71. The summed E-state index contributed by atoms with van der Waals surface area (Å²) in [6.07, 6.45) is 0. The Balaban J connectivity index is 3.25. The third-order valence-electron chi connectivity index (χ3n) is 0.981. The van der Waals surface area contributed by atoms with Crippen molar-refractivity contribution in [3.05, 3.63) is 28.2 Å². The van der Waals surface area contributed by atoms with Crippen molar-refractivity contribution in [2.45, 2.75) is 0 Å². The molecule has 0 nitrogen and oxygen atoms in total. The molecule has 2 radical (unpaired) electrons. The van der Waals surface area contributed by atoms with Crippen molar-refractivity contribution in [2.24, 2.45) is 0 Å². The average Bonchev–Trinajstić information content (AvgIpc) is 1.83. The summed E-state index contributed by atoms with van der Waals surface area (Å²) >= 11 is 12.5. The Labute approximate surface area is 77.2 Å². The summed E-state index contributed by atoms with van der Waals surface area (Å²) in [7, 11) is 0. The van der Waals surface area contributed by atoms with Gasteiger partial charge in [-0.15, -0.1) is 0 Å². The first-order valence-corrected chi connectivity index (χ1v) is 4.81. The van der Waals surface area contributed by atoms with Gasteiger partial charge in [-0.3, -0.25) is 0 Å². The van der Waals surface area contributed by atoms with Crippen LogP contribution in [0, 0.1) is 0 Å². The van der Waals surface area contributed by atoms with Crippen molar-refractivity contribution in [3.63, 3.8) is 0 Å². The van der Waals surface area contributed by atoms with Gasteiger partial charge in [0.25, 0.3) is 0 Å². The third kappa shape index (κ3) is 1.76. The molecule has 0 amide bonds. The molecule has 0 saturated carbocycles. The van der Waals surface area contributed by atoms with Crippen LogP contribution in [0.1, 0.15) is 0 Å². The Morgan fingerprint density at radius 1 is 1.22 bits per heavy atom. The van der Waals surface area contributed by atoms with E-state index in [2.05, 4.69) is 0 Å². The fraction of sp³-hybridized carbons (Fsp3) is 0. The van der Waals surface area contributed by atoms with E-state index in [-0.39, 0.29) is 0 Å². The van der Waals surface area contributed by atoms with Crippen molar-refractivity contribution in [2.75, 3.05) is 0 Å². The second-order valence-electron chi connectivity index (χ2n) is 1.64. The maximum atomic E-state index is 5.78. The topological polar surface area (TPSA) is 0 Å². The minimum atomic E-state index is 0.654. The number of hydrogen-bond donors (Lipinski definition) is 0. The van der Waals surface area contributed by atoms with E-state index < -0.39 is 0 Å². The quantitative estimate of drug-likeness (QED) is 0.624. The first-order chi connectivity index (χ1) is 4.22. The molecule has 0 aliphatic rings. The normalized spacial score (nSPS) is 9.67. The molecule has 0 N–H and O–H groups in total. The number of halogens is 2. The molecular formula is C6H4Cl2Sn. The van der Waals surface area contributed by atoms with Crippen molar-refractivity contribution in [1.29, 1.82) is 0 Å². The molecule has 0 aromatic heterocycles. The summed E-state index contributed by atoms with van der Waals surface area (Å²) < 4.78 is 1.15. The fourth-order valence-corrected chi connectivity index (χ4v) is 1.85. The zero-order valence-electron chi connectivity index (χ0n) is 4.57. The second-order valence-corrected chi connectivity index (χ2v) is 4.20. The Kier molecular flexibility index (Phi) is 2.68. The molecule has 1 rings (SSSR count). The van der Waals surface area contributed by atoms with Gasteiger partial charge < -0.3 is 0 Å². The van der Waals surface area contributed by atoms with Crippen LogP contribution in [0.25, 0.3) is 0 Å². The van der Waals surface area contributed by atoms with Gasteiger partial charge in [0.1, 0.15) is 0 Å². The van der Waals surface area contributed by atoms with Crippen LogP contribution in [0.15, 0.2) is 18.2 Å². The Morgan fingerprint density at radius 3 is 2.33 bits per heavy atom. The average molecular weight is 266 g/mol. The fourth-order valence-electron chi connectivity index (χ4n) is 0.520. The molecule has 0 heterocycles. The van der Waals surface area contributed by atoms with Crippen LogP contribution in [0.2, 0.25) is 10.0 Å². The molecule has 1 aromatic carbocycles. The molecule has 0 saturated heterocycles. The van der Waals surface area contributed by atoms with Gasteiger partial charge in [-0.05, 0) is 0 Å². The molecule has 9 heavy (non-hydrogen) atoms. The van der Waals surface area contributed by atoms with Crippen LogP contribution >= 0.6 is 23.2 Å². The van der Waals surface area contributed by atoms with Gasteiger partial charge in [-0.1, -0.05) is 0 Å². The van der Waals surface area contributed by atoms with E-state index in [1.807, 2.05) is 12.1 Å². The molecule has 0 spiro atoms. The molecule has 0 atom stereocenters. The van der Waals surface area contributed by atoms with Crippen molar-refractivity contribution in [3.8, 4) is 0 Å². The molecule has 3 heteroatoms. The van der Waals surface area contributed by atoms with E-state index >= 15 is 0 Å². The van der Waals surface area contributed by atoms with E-state index in [9.17, 15) is 0 Å². The van der Waals surface area contributed by atoms with Crippen LogP contribution in [0.4, 0.5) is 0 Å². The standard InChI is InChI=1S/C6H3Cl2.Sn.H/c7-5-3-1-2-4-6(5)8;;/h1-3H;;. The molecule has 0 bridgehead atoms. The van der Waals surface area contributed by atoms with E-state index in [0.717, 1.165) is 26.1 Å². The summed E-state index contributed by atoms with van der Waals surface area (Å²) in [5.74, 6) is 0. The van der Waals surface area contributed by atoms with Gasteiger partial charge in [-0.25, -0.2) is 0 Å². The van der Waals surface area contributed by atoms with Gasteiger partial charge in [0.05, 0.1) is 0 Å².